The molecule has 0 N–H and O–H groups in total. The van der Waals surface area contributed by atoms with Gasteiger partial charge in [-0.3, -0.25) is 9.59 Å². The molecule has 0 bridgehead atoms. The van der Waals surface area contributed by atoms with Crippen LogP contribution in [0.5, 0.6) is 5.75 Å². The van der Waals surface area contributed by atoms with E-state index in [2.05, 4.69) is 26.0 Å². The van der Waals surface area contributed by atoms with Gasteiger partial charge in [-0.2, -0.15) is 0 Å². The Hall–Kier alpha value is -2.82. The molecule has 5 nitrogen and oxygen atoms in total. The van der Waals surface area contributed by atoms with E-state index in [9.17, 15) is 9.59 Å². The Morgan fingerprint density at radius 1 is 0.871 bits per heavy atom. The van der Waals surface area contributed by atoms with Crippen LogP contribution in [0.2, 0.25) is 0 Å². The van der Waals surface area contributed by atoms with Crippen LogP contribution in [-0.4, -0.2) is 53.9 Å². The maximum atomic E-state index is 13.1. The molecule has 0 aliphatic carbocycles. The number of hydrogen-bond donors (Lipinski definition) is 0. The molecule has 2 amide bonds. The third kappa shape index (κ3) is 5.66. The number of benzene rings is 2. The van der Waals surface area contributed by atoms with E-state index in [-0.39, 0.29) is 11.8 Å². The molecule has 1 atom stereocenters. The van der Waals surface area contributed by atoms with Gasteiger partial charge in [0.2, 0.25) is 0 Å². The lowest BCUT2D eigenvalue weighted by Gasteiger charge is -2.26. The van der Waals surface area contributed by atoms with E-state index in [0.29, 0.717) is 37.7 Å². The molecule has 1 saturated heterocycles. The Bertz CT molecular complexity index is 938. The molecule has 1 unspecified atom stereocenters. The molecule has 1 heterocycles. The highest BCUT2D eigenvalue weighted by Gasteiger charge is 2.27. The molecule has 1 fully saturated rings. The third-order valence-corrected chi connectivity index (χ3v) is 5.80. The lowest BCUT2D eigenvalue weighted by atomic mass is 10.0. The summed E-state index contributed by atoms with van der Waals surface area (Å²) < 4.78 is 6.13. The van der Waals surface area contributed by atoms with E-state index >= 15 is 0 Å². The zero-order chi connectivity index (χ0) is 22.5. The van der Waals surface area contributed by atoms with Crippen LogP contribution in [-0.2, 0) is 4.79 Å². The van der Waals surface area contributed by atoms with Crippen molar-refractivity contribution in [2.45, 2.75) is 53.1 Å². The van der Waals surface area contributed by atoms with Gasteiger partial charge in [0, 0.05) is 31.7 Å². The topological polar surface area (TPSA) is 49.9 Å². The van der Waals surface area contributed by atoms with Gasteiger partial charge in [0.05, 0.1) is 0 Å². The van der Waals surface area contributed by atoms with Crippen LogP contribution in [0.25, 0.3) is 0 Å². The SMILES string of the molecule is Cc1cccc(C(=O)N2CCCN(C(=O)C(C)Oc3cc(C)ccc3C(C)C)CC2)c1. The van der Waals surface area contributed by atoms with Crippen LogP contribution < -0.4 is 4.74 Å². The van der Waals surface area contributed by atoms with Crippen LogP contribution in [0.3, 0.4) is 0 Å². The van der Waals surface area contributed by atoms with Crippen molar-refractivity contribution in [3.8, 4) is 5.75 Å². The number of aryl methyl sites for hydroxylation is 2. The summed E-state index contributed by atoms with van der Waals surface area (Å²) in [7, 11) is 0. The Morgan fingerprint density at radius 2 is 1.55 bits per heavy atom. The van der Waals surface area contributed by atoms with Crippen molar-refractivity contribution < 1.29 is 14.3 Å². The van der Waals surface area contributed by atoms with Crippen molar-refractivity contribution >= 4 is 11.8 Å². The average molecular weight is 423 g/mol. The molecule has 3 rings (SSSR count). The van der Waals surface area contributed by atoms with Crippen molar-refractivity contribution in [2.24, 2.45) is 0 Å². The Labute approximate surface area is 186 Å². The highest BCUT2D eigenvalue weighted by molar-refractivity contribution is 5.94. The van der Waals surface area contributed by atoms with Gasteiger partial charge in [-0.25, -0.2) is 0 Å². The number of carbonyl (C=O) groups is 2. The van der Waals surface area contributed by atoms with Crippen LogP contribution in [0, 0.1) is 13.8 Å². The van der Waals surface area contributed by atoms with E-state index in [1.54, 1.807) is 0 Å². The minimum absolute atomic E-state index is 0.0268. The Morgan fingerprint density at radius 3 is 2.26 bits per heavy atom. The second-order valence-corrected chi connectivity index (χ2v) is 8.80. The molecular formula is C26H34N2O3. The molecule has 2 aromatic rings. The number of amides is 2. The van der Waals surface area contributed by atoms with E-state index in [0.717, 1.165) is 28.9 Å². The van der Waals surface area contributed by atoms with E-state index in [4.69, 9.17) is 4.74 Å². The lowest BCUT2D eigenvalue weighted by Crippen LogP contribution is -2.43. The lowest BCUT2D eigenvalue weighted by molar-refractivity contribution is -0.137. The fourth-order valence-electron chi connectivity index (χ4n) is 4.02. The molecule has 31 heavy (non-hydrogen) atoms. The summed E-state index contributed by atoms with van der Waals surface area (Å²) in [5.74, 6) is 1.10. The number of nitrogens with zero attached hydrogens (tertiary/aromatic N) is 2. The largest absolute Gasteiger partial charge is 0.481 e. The fourth-order valence-corrected chi connectivity index (χ4v) is 4.02. The maximum absolute atomic E-state index is 13.1. The molecule has 0 aromatic heterocycles. The quantitative estimate of drug-likeness (QED) is 0.709. The maximum Gasteiger partial charge on any atom is 0.263 e. The van der Waals surface area contributed by atoms with Crippen molar-refractivity contribution in [1.82, 2.24) is 9.80 Å². The zero-order valence-corrected chi connectivity index (χ0v) is 19.4. The molecule has 0 radical (unpaired) electrons. The van der Waals surface area contributed by atoms with Crippen LogP contribution in [0.1, 0.15) is 60.2 Å². The first-order chi connectivity index (χ1) is 14.8. The normalized spacial score (nSPS) is 15.5. The number of carbonyl (C=O) groups excluding carboxylic acids is 2. The average Bonchev–Trinajstić information content (AvgIpc) is 2.98. The Kier molecular flexibility index (Phi) is 7.37. The minimum atomic E-state index is -0.571. The van der Waals surface area contributed by atoms with Crippen LogP contribution >= 0.6 is 0 Å². The second-order valence-electron chi connectivity index (χ2n) is 8.80. The fraction of sp³-hybridized carbons (Fsp3) is 0.462. The van der Waals surface area contributed by atoms with Gasteiger partial charge in [-0.15, -0.1) is 0 Å². The highest BCUT2D eigenvalue weighted by Crippen LogP contribution is 2.28. The summed E-state index contributed by atoms with van der Waals surface area (Å²) in [5.41, 5.74) is 3.99. The smallest absolute Gasteiger partial charge is 0.263 e. The summed E-state index contributed by atoms with van der Waals surface area (Å²) in [5, 5.41) is 0. The van der Waals surface area contributed by atoms with E-state index in [1.165, 1.54) is 0 Å². The molecular weight excluding hydrogens is 388 g/mol. The number of ether oxygens (including phenoxy) is 1. The van der Waals surface area contributed by atoms with Gasteiger partial charge < -0.3 is 14.5 Å². The summed E-state index contributed by atoms with van der Waals surface area (Å²) in [4.78, 5) is 29.7. The summed E-state index contributed by atoms with van der Waals surface area (Å²) in [6.45, 7) is 12.4. The second kappa shape index (κ2) is 9.99. The molecule has 1 aliphatic rings. The first-order valence-electron chi connectivity index (χ1n) is 11.2. The van der Waals surface area contributed by atoms with Gasteiger partial charge >= 0.3 is 0 Å². The Balaban J connectivity index is 1.64. The first kappa shape index (κ1) is 22.9. The summed E-state index contributed by atoms with van der Waals surface area (Å²) in [6, 6.07) is 13.8. The van der Waals surface area contributed by atoms with Gasteiger partial charge in [0.1, 0.15) is 5.75 Å². The first-order valence-corrected chi connectivity index (χ1v) is 11.2. The molecule has 0 saturated carbocycles. The minimum Gasteiger partial charge on any atom is -0.481 e. The van der Waals surface area contributed by atoms with Crippen molar-refractivity contribution in [3.05, 3.63) is 64.7 Å². The van der Waals surface area contributed by atoms with Crippen molar-refractivity contribution in [1.29, 1.82) is 0 Å². The number of rotatable bonds is 5. The van der Waals surface area contributed by atoms with Crippen LogP contribution in [0.15, 0.2) is 42.5 Å². The van der Waals surface area contributed by atoms with Gasteiger partial charge in [-0.1, -0.05) is 43.7 Å². The van der Waals surface area contributed by atoms with Crippen molar-refractivity contribution in [3.63, 3.8) is 0 Å². The standard InChI is InChI=1S/C26H34N2O3/c1-18(2)23-11-10-20(4)17-24(23)31-21(5)25(29)27-12-7-13-28(15-14-27)26(30)22-9-6-8-19(3)16-22/h6,8-11,16-18,21H,7,12-15H2,1-5H3. The molecule has 2 aromatic carbocycles. The van der Waals surface area contributed by atoms with E-state index in [1.807, 2.05) is 60.9 Å². The van der Waals surface area contributed by atoms with Gasteiger partial charge in [0.25, 0.3) is 11.8 Å². The van der Waals surface area contributed by atoms with E-state index < -0.39 is 6.10 Å². The highest BCUT2D eigenvalue weighted by atomic mass is 16.5. The molecule has 166 valence electrons. The molecule has 5 heteroatoms. The van der Waals surface area contributed by atoms with Gasteiger partial charge in [-0.05, 0) is 62.4 Å². The predicted octanol–water partition coefficient (Wildman–Crippen LogP) is 4.57. The summed E-state index contributed by atoms with van der Waals surface area (Å²) in [6.07, 6.45) is 0.191. The molecule has 0 spiro atoms. The predicted molar refractivity (Wildman–Crippen MR) is 124 cm³/mol. The number of hydrogen-bond acceptors (Lipinski definition) is 3. The monoisotopic (exact) mass is 422 g/mol. The zero-order valence-electron chi connectivity index (χ0n) is 19.4. The van der Waals surface area contributed by atoms with Crippen molar-refractivity contribution in [2.75, 3.05) is 26.2 Å². The van der Waals surface area contributed by atoms with Gasteiger partial charge in [0.15, 0.2) is 6.10 Å². The third-order valence-electron chi connectivity index (χ3n) is 5.80. The molecule has 1 aliphatic heterocycles. The van der Waals surface area contributed by atoms with Crippen LogP contribution in [0.4, 0.5) is 0 Å². The summed E-state index contributed by atoms with van der Waals surface area (Å²) >= 11 is 0.